The minimum absolute atomic E-state index is 0.333. The summed E-state index contributed by atoms with van der Waals surface area (Å²) in [5, 5.41) is 2.61. The highest BCUT2D eigenvalue weighted by molar-refractivity contribution is 5.93. The lowest BCUT2D eigenvalue weighted by molar-refractivity contribution is -0.150. The van der Waals surface area contributed by atoms with E-state index >= 15 is 0 Å². The van der Waals surface area contributed by atoms with E-state index in [1.165, 1.54) is 12.0 Å². The predicted octanol–water partition coefficient (Wildman–Crippen LogP) is 0.426. The number of nitrogens with one attached hydrogen (secondary N) is 1. The average molecular weight is 284 g/mol. The van der Waals surface area contributed by atoms with E-state index in [9.17, 15) is 14.4 Å². The lowest BCUT2D eigenvalue weighted by Gasteiger charge is -2.39. The third-order valence-electron chi connectivity index (χ3n) is 3.47. The Morgan fingerprint density at radius 3 is 2.50 bits per heavy atom. The van der Waals surface area contributed by atoms with Crippen molar-refractivity contribution in [1.82, 2.24) is 10.2 Å². The van der Waals surface area contributed by atoms with Crippen molar-refractivity contribution in [2.45, 2.75) is 57.3 Å². The van der Waals surface area contributed by atoms with Crippen molar-refractivity contribution < 1.29 is 23.9 Å². The van der Waals surface area contributed by atoms with Gasteiger partial charge in [-0.1, -0.05) is 0 Å². The summed E-state index contributed by atoms with van der Waals surface area (Å²) < 4.78 is 10.0. The smallest absolute Gasteiger partial charge is 0.411 e. The first-order chi connectivity index (χ1) is 9.24. The molecule has 2 bridgehead atoms. The van der Waals surface area contributed by atoms with Crippen molar-refractivity contribution in [3.8, 4) is 0 Å². The zero-order chi connectivity index (χ0) is 15.1. The van der Waals surface area contributed by atoms with E-state index in [2.05, 4.69) is 10.1 Å². The molecule has 7 nitrogen and oxygen atoms in total. The first kappa shape index (κ1) is 14.6. The highest BCUT2D eigenvalue weighted by Crippen LogP contribution is 2.32. The first-order valence-electron chi connectivity index (χ1n) is 6.64. The maximum absolute atomic E-state index is 12.2. The molecule has 112 valence electrons. The zero-order valence-corrected chi connectivity index (χ0v) is 12.1. The van der Waals surface area contributed by atoms with Gasteiger partial charge in [-0.05, 0) is 33.6 Å². The van der Waals surface area contributed by atoms with E-state index in [4.69, 9.17) is 4.74 Å². The molecular formula is C13H20N2O5. The summed E-state index contributed by atoms with van der Waals surface area (Å²) in [5.41, 5.74) is -0.648. The van der Waals surface area contributed by atoms with E-state index in [0.29, 0.717) is 12.8 Å². The second-order valence-corrected chi connectivity index (χ2v) is 6.06. The van der Waals surface area contributed by atoms with Crippen LogP contribution < -0.4 is 5.32 Å². The summed E-state index contributed by atoms with van der Waals surface area (Å²) in [7, 11) is 1.26. The first-order valence-corrected chi connectivity index (χ1v) is 6.64. The van der Waals surface area contributed by atoms with Crippen LogP contribution in [-0.4, -0.2) is 53.7 Å². The number of carbonyl (C=O) groups excluding carboxylic acids is 3. The maximum atomic E-state index is 12.2. The Balaban J connectivity index is 2.22. The molecule has 2 aliphatic heterocycles. The number of ether oxygens (including phenoxy) is 2. The number of hydrogen-bond donors (Lipinski definition) is 1. The number of methoxy groups -OCH3 is 1. The van der Waals surface area contributed by atoms with Crippen LogP contribution in [0.5, 0.6) is 0 Å². The van der Waals surface area contributed by atoms with E-state index in [0.717, 1.165) is 0 Å². The number of esters is 1. The van der Waals surface area contributed by atoms with Crippen molar-refractivity contribution in [1.29, 1.82) is 0 Å². The molecule has 0 saturated carbocycles. The molecular weight excluding hydrogens is 264 g/mol. The van der Waals surface area contributed by atoms with Crippen LogP contribution in [0.15, 0.2) is 0 Å². The summed E-state index contributed by atoms with van der Waals surface area (Å²) in [5.74, 6) is -0.878. The Morgan fingerprint density at radius 1 is 1.30 bits per heavy atom. The molecule has 2 heterocycles. The summed E-state index contributed by atoms with van der Waals surface area (Å²) >= 11 is 0. The minimum Gasteiger partial charge on any atom is -0.467 e. The van der Waals surface area contributed by atoms with Crippen molar-refractivity contribution in [3.63, 3.8) is 0 Å². The third-order valence-corrected chi connectivity index (χ3v) is 3.47. The van der Waals surface area contributed by atoms with Crippen LogP contribution >= 0.6 is 0 Å². The van der Waals surface area contributed by atoms with Gasteiger partial charge in [0.25, 0.3) is 0 Å². The van der Waals surface area contributed by atoms with Crippen LogP contribution in [0.4, 0.5) is 4.79 Å². The second kappa shape index (κ2) is 4.96. The predicted molar refractivity (Wildman–Crippen MR) is 68.8 cm³/mol. The Labute approximate surface area is 117 Å². The van der Waals surface area contributed by atoms with Gasteiger partial charge in [0, 0.05) is 0 Å². The topological polar surface area (TPSA) is 84.9 Å². The van der Waals surface area contributed by atoms with Crippen LogP contribution in [0.2, 0.25) is 0 Å². The standard InChI is InChI=1S/C13H20N2O5/c1-13(2,3)20-12(18)15-7-5-6-8(15)10(16)14-9(7)11(17)19-4/h7-9H,5-6H2,1-4H3,(H,14,16). The number of carbonyl (C=O) groups is 3. The van der Waals surface area contributed by atoms with Crippen LogP contribution in [0.3, 0.4) is 0 Å². The molecule has 0 aromatic heterocycles. The summed E-state index contributed by atoms with van der Waals surface area (Å²) in [6.45, 7) is 5.28. The number of rotatable bonds is 1. The summed E-state index contributed by atoms with van der Waals surface area (Å²) in [6.07, 6.45) is 0.541. The molecule has 2 fully saturated rings. The zero-order valence-electron chi connectivity index (χ0n) is 12.1. The number of fused-ring (bicyclic) bond motifs is 2. The van der Waals surface area contributed by atoms with Crippen LogP contribution in [0.1, 0.15) is 33.6 Å². The number of hydrogen-bond acceptors (Lipinski definition) is 5. The number of nitrogens with zero attached hydrogens (tertiary/aromatic N) is 1. The van der Waals surface area contributed by atoms with Gasteiger partial charge >= 0.3 is 12.1 Å². The van der Waals surface area contributed by atoms with Gasteiger partial charge in [-0.25, -0.2) is 9.59 Å². The van der Waals surface area contributed by atoms with Gasteiger partial charge in [0.2, 0.25) is 5.91 Å². The average Bonchev–Trinajstić information content (AvgIpc) is 2.70. The normalized spacial score (nSPS) is 28.9. The molecule has 0 aromatic carbocycles. The summed E-state index contributed by atoms with van der Waals surface area (Å²) in [4.78, 5) is 37.4. The molecule has 2 amide bonds. The van der Waals surface area contributed by atoms with Gasteiger partial charge in [0.05, 0.1) is 13.2 Å². The fourth-order valence-corrected chi connectivity index (χ4v) is 2.69. The van der Waals surface area contributed by atoms with E-state index in [-0.39, 0.29) is 5.91 Å². The van der Waals surface area contributed by atoms with Crippen LogP contribution in [0, 0.1) is 0 Å². The molecule has 2 saturated heterocycles. The van der Waals surface area contributed by atoms with Gasteiger partial charge < -0.3 is 14.8 Å². The quantitative estimate of drug-likeness (QED) is 0.706. The Bertz CT molecular complexity index is 443. The number of amides is 2. The lowest BCUT2D eigenvalue weighted by atomic mass is 10.1. The molecule has 0 aliphatic carbocycles. The van der Waals surface area contributed by atoms with E-state index < -0.39 is 35.8 Å². The molecule has 2 rings (SSSR count). The van der Waals surface area contributed by atoms with Crippen molar-refractivity contribution in [2.75, 3.05) is 7.11 Å². The number of piperazine rings is 1. The fraction of sp³-hybridized carbons (Fsp3) is 0.769. The molecule has 2 aliphatic rings. The van der Waals surface area contributed by atoms with E-state index in [1.807, 2.05) is 0 Å². The lowest BCUT2D eigenvalue weighted by Crippen LogP contribution is -2.65. The molecule has 0 spiro atoms. The highest BCUT2D eigenvalue weighted by Gasteiger charge is 2.53. The second-order valence-electron chi connectivity index (χ2n) is 6.06. The van der Waals surface area contributed by atoms with Gasteiger partial charge in [-0.15, -0.1) is 0 Å². The Kier molecular flexibility index (Phi) is 3.62. The molecule has 3 atom stereocenters. The molecule has 0 aromatic rings. The maximum Gasteiger partial charge on any atom is 0.411 e. The molecule has 1 N–H and O–H groups in total. The summed E-state index contributed by atoms with van der Waals surface area (Å²) in [6, 6.07) is -1.78. The Hall–Kier alpha value is -1.79. The molecule has 0 radical (unpaired) electrons. The minimum atomic E-state index is -0.821. The van der Waals surface area contributed by atoms with E-state index in [1.54, 1.807) is 20.8 Å². The third kappa shape index (κ3) is 2.57. The monoisotopic (exact) mass is 284 g/mol. The molecule has 3 unspecified atom stereocenters. The highest BCUT2D eigenvalue weighted by atomic mass is 16.6. The van der Waals surface area contributed by atoms with Crippen molar-refractivity contribution in [3.05, 3.63) is 0 Å². The largest absolute Gasteiger partial charge is 0.467 e. The SMILES string of the molecule is COC(=O)C1NC(=O)C2CCC1N2C(=O)OC(C)(C)C. The van der Waals surface area contributed by atoms with Gasteiger partial charge in [-0.2, -0.15) is 0 Å². The van der Waals surface area contributed by atoms with Crippen LogP contribution in [0.25, 0.3) is 0 Å². The van der Waals surface area contributed by atoms with Gasteiger partial charge in [0.15, 0.2) is 0 Å². The van der Waals surface area contributed by atoms with Crippen molar-refractivity contribution >= 4 is 18.0 Å². The molecule has 20 heavy (non-hydrogen) atoms. The van der Waals surface area contributed by atoms with Gasteiger partial charge in [-0.3, -0.25) is 9.69 Å². The molecule has 7 heteroatoms. The van der Waals surface area contributed by atoms with Gasteiger partial charge in [0.1, 0.15) is 17.7 Å². The fourth-order valence-electron chi connectivity index (χ4n) is 2.69. The van der Waals surface area contributed by atoms with Crippen LogP contribution in [-0.2, 0) is 19.1 Å². The Morgan fingerprint density at radius 2 is 1.95 bits per heavy atom. The van der Waals surface area contributed by atoms with Crippen molar-refractivity contribution in [2.24, 2.45) is 0 Å².